The summed E-state index contributed by atoms with van der Waals surface area (Å²) in [6.07, 6.45) is 6.57. The number of hydrogen-bond donors (Lipinski definition) is 2. The Kier molecular flexibility index (Phi) is 4.81. The van der Waals surface area contributed by atoms with Crippen LogP contribution in [0.1, 0.15) is 24.0 Å². The lowest BCUT2D eigenvalue weighted by Crippen LogP contribution is -2.22. The van der Waals surface area contributed by atoms with Crippen molar-refractivity contribution < 1.29 is 14.0 Å². The lowest BCUT2D eigenvalue weighted by molar-refractivity contribution is -0.116. The highest BCUT2D eigenvalue weighted by Gasteiger charge is 2.22. The van der Waals surface area contributed by atoms with Gasteiger partial charge in [-0.05, 0) is 48.8 Å². The topological polar surface area (TPSA) is 58.2 Å². The van der Waals surface area contributed by atoms with Crippen LogP contribution in [0.4, 0.5) is 10.1 Å². The highest BCUT2D eigenvalue weighted by Crippen LogP contribution is 2.38. The summed E-state index contributed by atoms with van der Waals surface area (Å²) in [7, 11) is 0. The molecule has 4 rings (SSSR count). The van der Waals surface area contributed by atoms with Gasteiger partial charge in [-0.3, -0.25) is 9.59 Å². The monoisotopic (exact) mass is 380 g/mol. The van der Waals surface area contributed by atoms with Gasteiger partial charge in [-0.2, -0.15) is 0 Å². The second kappa shape index (κ2) is 7.40. The summed E-state index contributed by atoms with van der Waals surface area (Å²) in [5.41, 5.74) is 1.67. The quantitative estimate of drug-likeness (QED) is 0.782. The standard InChI is InChI=1S/C21H17FN2O2S/c22-16-11-13(6-10-20(25)23-15-8-9-15)5-7-14(16)12-19-21(26)24-17-3-1-2-4-18(17)27-19/h1-7,10-12,15H,8-9H2,(H,23,25)(H,24,26)/b10-6+,19-12?. The summed E-state index contributed by atoms with van der Waals surface area (Å²) in [4.78, 5) is 25.3. The van der Waals surface area contributed by atoms with Crippen molar-refractivity contribution in [1.82, 2.24) is 5.32 Å². The number of fused-ring (bicyclic) bond motifs is 1. The van der Waals surface area contributed by atoms with Crippen LogP contribution in [0.25, 0.3) is 12.2 Å². The molecule has 1 aliphatic heterocycles. The SMILES string of the molecule is O=C(/C=C/c1ccc(C=C2Sc3ccccc3NC2=O)c(F)c1)NC1CC1. The van der Waals surface area contributed by atoms with Crippen molar-refractivity contribution in [3.63, 3.8) is 0 Å². The van der Waals surface area contributed by atoms with Gasteiger partial charge in [0.15, 0.2) is 0 Å². The Labute approximate surface area is 160 Å². The van der Waals surface area contributed by atoms with E-state index < -0.39 is 5.82 Å². The number of halogens is 1. The van der Waals surface area contributed by atoms with Gasteiger partial charge in [-0.1, -0.05) is 36.0 Å². The molecule has 1 aliphatic carbocycles. The van der Waals surface area contributed by atoms with E-state index in [0.717, 1.165) is 23.4 Å². The smallest absolute Gasteiger partial charge is 0.262 e. The molecular weight excluding hydrogens is 363 g/mol. The lowest BCUT2D eigenvalue weighted by atomic mass is 10.1. The van der Waals surface area contributed by atoms with Gasteiger partial charge in [0.2, 0.25) is 5.91 Å². The number of rotatable bonds is 4. The van der Waals surface area contributed by atoms with Gasteiger partial charge in [0.05, 0.1) is 10.6 Å². The van der Waals surface area contributed by atoms with Gasteiger partial charge in [0.25, 0.3) is 5.91 Å². The Morgan fingerprint density at radius 2 is 2.04 bits per heavy atom. The molecule has 0 radical (unpaired) electrons. The molecule has 0 unspecified atom stereocenters. The molecule has 2 N–H and O–H groups in total. The molecule has 2 aromatic rings. The Morgan fingerprint density at radius 1 is 1.22 bits per heavy atom. The molecule has 136 valence electrons. The maximum absolute atomic E-state index is 14.5. The van der Waals surface area contributed by atoms with E-state index in [1.165, 1.54) is 23.9 Å². The van der Waals surface area contributed by atoms with E-state index in [1.807, 2.05) is 24.3 Å². The van der Waals surface area contributed by atoms with Crippen LogP contribution >= 0.6 is 11.8 Å². The maximum Gasteiger partial charge on any atom is 0.262 e. The fraction of sp³-hybridized carbons (Fsp3) is 0.143. The summed E-state index contributed by atoms with van der Waals surface area (Å²) in [6, 6.07) is 12.4. The number of anilines is 1. The number of amides is 2. The third-order valence-electron chi connectivity index (χ3n) is 4.24. The van der Waals surface area contributed by atoms with Gasteiger partial charge < -0.3 is 10.6 Å². The van der Waals surface area contributed by atoms with E-state index in [4.69, 9.17) is 0 Å². The van der Waals surface area contributed by atoms with Crippen molar-refractivity contribution in [2.24, 2.45) is 0 Å². The van der Waals surface area contributed by atoms with Crippen molar-refractivity contribution in [2.75, 3.05) is 5.32 Å². The van der Waals surface area contributed by atoms with Crippen LogP contribution < -0.4 is 10.6 Å². The van der Waals surface area contributed by atoms with E-state index in [0.29, 0.717) is 16.0 Å². The number of carbonyl (C=O) groups excluding carboxylic acids is 2. The summed E-state index contributed by atoms with van der Waals surface area (Å²) < 4.78 is 14.5. The van der Waals surface area contributed by atoms with Crippen LogP contribution in [0.2, 0.25) is 0 Å². The van der Waals surface area contributed by atoms with E-state index in [2.05, 4.69) is 10.6 Å². The second-order valence-corrected chi connectivity index (χ2v) is 7.54. The first-order valence-corrected chi connectivity index (χ1v) is 9.48. The summed E-state index contributed by atoms with van der Waals surface area (Å²) >= 11 is 1.31. The van der Waals surface area contributed by atoms with Crippen molar-refractivity contribution in [2.45, 2.75) is 23.8 Å². The summed E-state index contributed by atoms with van der Waals surface area (Å²) in [6.45, 7) is 0. The zero-order valence-corrected chi connectivity index (χ0v) is 15.2. The molecule has 27 heavy (non-hydrogen) atoms. The first-order valence-electron chi connectivity index (χ1n) is 8.66. The molecule has 0 atom stereocenters. The van der Waals surface area contributed by atoms with Gasteiger partial charge >= 0.3 is 0 Å². The van der Waals surface area contributed by atoms with Crippen LogP contribution in [0.15, 0.2) is 58.3 Å². The molecule has 2 aliphatic rings. The third kappa shape index (κ3) is 4.28. The van der Waals surface area contributed by atoms with Crippen molar-refractivity contribution >= 4 is 41.4 Å². The average Bonchev–Trinajstić information content (AvgIpc) is 3.46. The minimum atomic E-state index is -0.445. The molecule has 0 spiro atoms. The minimum absolute atomic E-state index is 0.168. The van der Waals surface area contributed by atoms with Crippen LogP contribution in [-0.4, -0.2) is 17.9 Å². The fourth-order valence-electron chi connectivity index (χ4n) is 2.66. The number of benzene rings is 2. The molecule has 6 heteroatoms. The van der Waals surface area contributed by atoms with Crippen molar-refractivity contribution in [3.8, 4) is 0 Å². The highest BCUT2D eigenvalue weighted by atomic mass is 32.2. The number of nitrogens with one attached hydrogen (secondary N) is 2. The number of carbonyl (C=O) groups is 2. The minimum Gasteiger partial charge on any atom is -0.350 e. The summed E-state index contributed by atoms with van der Waals surface area (Å²) in [5, 5.41) is 5.65. The lowest BCUT2D eigenvalue weighted by Gasteiger charge is -2.18. The second-order valence-electron chi connectivity index (χ2n) is 6.46. The van der Waals surface area contributed by atoms with Crippen LogP contribution in [-0.2, 0) is 9.59 Å². The van der Waals surface area contributed by atoms with Crippen molar-refractivity contribution in [3.05, 3.63) is 70.4 Å². The molecular formula is C21H17FN2O2S. The molecule has 0 saturated heterocycles. The van der Waals surface area contributed by atoms with Crippen LogP contribution in [0.3, 0.4) is 0 Å². The number of hydrogen-bond acceptors (Lipinski definition) is 3. The van der Waals surface area contributed by atoms with E-state index in [-0.39, 0.29) is 17.9 Å². The highest BCUT2D eigenvalue weighted by molar-refractivity contribution is 8.04. The third-order valence-corrected chi connectivity index (χ3v) is 5.34. The van der Waals surface area contributed by atoms with E-state index in [1.54, 1.807) is 24.3 Å². The first-order chi connectivity index (χ1) is 13.1. The molecule has 0 aromatic heterocycles. The largest absolute Gasteiger partial charge is 0.350 e. The zero-order valence-electron chi connectivity index (χ0n) is 14.4. The Morgan fingerprint density at radius 3 is 2.81 bits per heavy atom. The molecule has 1 fully saturated rings. The van der Waals surface area contributed by atoms with Gasteiger partial charge in [-0.15, -0.1) is 0 Å². The molecule has 2 aromatic carbocycles. The zero-order chi connectivity index (χ0) is 18.8. The number of para-hydroxylation sites is 1. The predicted molar refractivity (Wildman–Crippen MR) is 106 cm³/mol. The first kappa shape index (κ1) is 17.5. The molecule has 1 heterocycles. The Bertz CT molecular complexity index is 980. The molecule has 0 bridgehead atoms. The Hall–Kier alpha value is -2.86. The van der Waals surface area contributed by atoms with Crippen molar-refractivity contribution in [1.29, 1.82) is 0 Å². The molecule has 2 amide bonds. The average molecular weight is 380 g/mol. The maximum atomic E-state index is 14.5. The van der Waals surface area contributed by atoms with E-state index in [9.17, 15) is 14.0 Å². The van der Waals surface area contributed by atoms with E-state index >= 15 is 0 Å². The fourth-order valence-corrected chi connectivity index (χ4v) is 3.60. The molecule has 4 nitrogen and oxygen atoms in total. The normalized spacial score (nSPS) is 17.7. The summed E-state index contributed by atoms with van der Waals surface area (Å²) in [5.74, 6) is -0.864. The van der Waals surface area contributed by atoms with Gasteiger partial charge in [-0.25, -0.2) is 4.39 Å². The van der Waals surface area contributed by atoms with Crippen LogP contribution in [0.5, 0.6) is 0 Å². The number of thioether (sulfide) groups is 1. The van der Waals surface area contributed by atoms with Gasteiger partial charge in [0, 0.05) is 22.6 Å². The van der Waals surface area contributed by atoms with Crippen LogP contribution in [0, 0.1) is 5.82 Å². The van der Waals surface area contributed by atoms with Gasteiger partial charge in [0.1, 0.15) is 5.82 Å². The molecule has 1 saturated carbocycles. The Balaban J connectivity index is 1.51. The predicted octanol–water partition coefficient (Wildman–Crippen LogP) is 4.20.